The van der Waals surface area contributed by atoms with Gasteiger partial charge >= 0.3 is 0 Å². The topological polar surface area (TPSA) is 66.0 Å². The number of pyridine rings is 1. The SMILES string of the molecule is CCn1cc(OCc2ccc(N)nc2)cn1. The molecule has 0 amide bonds. The Morgan fingerprint density at radius 3 is 2.88 bits per heavy atom. The Kier molecular flexibility index (Phi) is 3.05. The zero-order valence-electron chi connectivity index (χ0n) is 9.13. The average Bonchev–Trinajstić information content (AvgIpc) is 2.76. The first-order valence-electron chi connectivity index (χ1n) is 5.13. The molecule has 0 unspecified atom stereocenters. The van der Waals surface area contributed by atoms with Gasteiger partial charge in [0.25, 0.3) is 0 Å². The van der Waals surface area contributed by atoms with Gasteiger partial charge < -0.3 is 10.5 Å². The molecule has 2 aromatic rings. The zero-order valence-corrected chi connectivity index (χ0v) is 9.13. The van der Waals surface area contributed by atoms with E-state index >= 15 is 0 Å². The summed E-state index contributed by atoms with van der Waals surface area (Å²) in [5, 5.41) is 4.12. The van der Waals surface area contributed by atoms with Gasteiger partial charge in [0.1, 0.15) is 12.4 Å². The fourth-order valence-corrected chi connectivity index (χ4v) is 1.28. The number of nitrogen functional groups attached to an aromatic ring is 1. The molecule has 16 heavy (non-hydrogen) atoms. The number of anilines is 1. The molecule has 5 heteroatoms. The molecule has 0 aliphatic heterocycles. The second-order valence-electron chi connectivity index (χ2n) is 3.41. The molecule has 0 aliphatic rings. The highest BCUT2D eigenvalue weighted by atomic mass is 16.5. The third kappa shape index (κ3) is 2.50. The maximum absolute atomic E-state index is 5.55. The molecule has 0 bridgehead atoms. The van der Waals surface area contributed by atoms with E-state index in [9.17, 15) is 0 Å². The number of rotatable bonds is 4. The minimum Gasteiger partial charge on any atom is -0.486 e. The van der Waals surface area contributed by atoms with Gasteiger partial charge in [-0.05, 0) is 13.0 Å². The van der Waals surface area contributed by atoms with Crippen molar-refractivity contribution in [1.82, 2.24) is 14.8 Å². The molecule has 0 saturated heterocycles. The van der Waals surface area contributed by atoms with Gasteiger partial charge in [0, 0.05) is 18.3 Å². The van der Waals surface area contributed by atoms with E-state index in [4.69, 9.17) is 10.5 Å². The summed E-state index contributed by atoms with van der Waals surface area (Å²) in [5.41, 5.74) is 6.47. The van der Waals surface area contributed by atoms with Crippen molar-refractivity contribution in [2.24, 2.45) is 0 Å². The van der Waals surface area contributed by atoms with Crippen LogP contribution in [-0.4, -0.2) is 14.8 Å². The van der Waals surface area contributed by atoms with Crippen LogP contribution in [0.2, 0.25) is 0 Å². The largest absolute Gasteiger partial charge is 0.486 e. The van der Waals surface area contributed by atoms with Gasteiger partial charge in [0.05, 0.1) is 12.4 Å². The van der Waals surface area contributed by atoms with Crippen molar-refractivity contribution in [2.45, 2.75) is 20.1 Å². The van der Waals surface area contributed by atoms with E-state index in [0.717, 1.165) is 17.9 Å². The molecular formula is C11H14N4O. The van der Waals surface area contributed by atoms with Gasteiger partial charge in [-0.2, -0.15) is 5.10 Å². The number of hydrogen-bond donors (Lipinski definition) is 1. The van der Waals surface area contributed by atoms with Crippen LogP contribution in [0.15, 0.2) is 30.7 Å². The van der Waals surface area contributed by atoms with Gasteiger partial charge in [-0.15, -0.1) is 0 Å². The minimum atomic E-state index is 0.475. The maximum Gasteiger partial charge on any atom is 0.157 e. The molecule has 0 spiro atoms. The summed E-state index contributed by atoms with van der Waals surface area (Å²) in [4.78, 5) is 3.99. The van der Waals surface area contributed by atoms with Crippen LogP contribution in [0, 0.1) is 0 Å². The summed E-state index contributed by atoms with van der Waals surface area (Å²) < 4.78 is 7.37. The summed E-state index contributed by atoms with van der Waals surface area (Å²) >= 11 is 0. The highest BCUT2D eigenvalue weighted by Crippen LogP contribution is 2.11. The normalized spacial score (nSPS) is 10.3. The predicted molar refractivity (Wildman–Crippen MR) is 60.9 cm³/mol. The second-order valence-corrected chi connectivity index (χ2v) is 3.41. The van der Waals surface area contributed by atoms with Crippen molar-refractivity contribution in [1.29, 1.82) is 0 Å². The predicted octanol–water partition coefficient (Wildman–Crippen LogP) is 1.46. The zero-order chi connectivity index (χ0) is 11.4. The van der Waals surface area contributed by atoms with E-state index in [2.05, 4.69) is 10.1 Å². The van der Waals surface area contributed by atoms with Crippen LogP contribution < -0.4 is 10.5 Å². The van der Waals surface area contributed by atoms with Crippen LogP contribution in [-0.2, 0) is 13.2 Å². The number of nitrogens with zero attached hydrogens (tertiary/aromatic N) is 3. The highest BCUT2D eigenvalue weighted by Gasteiger charge is 1.99. The van der Waals surface area contributed by atoms with Crippen LogP contribution in [0.1, 0.15) is 12.5 Å². The van der Waals surface area contributed by atoms with Gasteiger partial charge in [-0.3, -0.25) is 4.68 Å². The lowest BCUT2D eigenvalue weighted by Gasteiger charge is -2.02. The smallest absolute Gasteiger partial charge is 0.157 e. The molecular weight excluding hydrogens is 204 g/mol. The fourth-order valence-electron chi connectivity index (χ4n) is 1.28. The highest BCUT2D eigenvalue weighted by molar-refractivity contribution is 5.29. The van der Waals surface area contributed by atoms with Gasteiger partial charge in [0.15, 0.2) is 5.75 Å². The quantitative estimate of drug-likeness (QED) is 0.843. The van der Waals surface area contributed by atoms with Crippen molar-refractivity contribution >= 4 is 5.82 Å². The average molecular weight is 218 g/mol. The number of aromatic nitrogens is 3. The molecule has 0 atom stereocenters. The summed E-state index contributed by atoms with van der Waals surface area (Å²) in [6.07, 6.45) is 5.28. The van der Waals surface area contributed by atoms with Crippen molar-refractivity contribution in [3.63, 3.8) is 0 Å². The van der Waals surface area contributed by atoms with Crippen LogP contribution in [0.3, 0.4) is 0 Å². The first kappa shape index (κ1) is 10.5. The second kappa shape index (κ2) is 4.65. The molecule has 0 fully saturated rings. The number of hydrogen-bond acceptors (Lipinski definition) is 4. The van der Waals surface area contributed by atoms with E-state index in [1.165, 1.54) is 0 Å². The Labute approximate surface area is 93.9 Å². The van der Waals surface area contributed by atoms with Gasteiger partial charge in [-0.1, -0.05) is 6.07 Å². The number of ether oxygens (including phenoxy) is 1. The molecule has 0 aromatic carbocycles. The summed E-state index contributed by atoms with van der Waals surface area (Å²) in [7, 11) is 0. The van der Waals surface area contributed by atoms with E-state index in [0.29, 0.717) is 12.4 Å². The Hall–Kier alpha value is -2.04. The lowest BCUT2D eigenvalue weighted by molar-refractivity contribution is 0.305. The molecule has 84 valence electrons. The number of nitrogens with two attached hydrogens (primary N) is 1. The van der Waals surface area contributed by atoms with Crippen LogP contribution in [0.4, 0.5) is 5.82 Å². The van der Waals surface area contributed by atoms with Crippen molar-refractivity contribution in [2.75, 3.05) is 5.73 Å². The molecule has 5 nitrogen and oxygen atoms in total. The van der Waals surface area contributed by atoms with Crippen molar-refractivity contribution < 1.29 is 4.74 Å². The maximum atomic E-state index is 5.55. The molecule has 2 rings (SSSR count). The first-order valence-corrected chi connectivity index (χ1v) is 5.13. The molecule has 0 aliphatic carbocycles. The Bertz CT molecular complexity index is 449. The molecule has 0 radical (unpaired) electrons. The standard InChI is InChI=1S/C11H14N4O/c1-2-15-7-10(6-14-15)16-8-9-3-4-11(12)13-5-9/h3-7H,2,8H2,1H3,(H2,12,13). The van der Waals surface area contributed by atoms with Crippen LogP contribution in [0.5, 0.6) is 5.75 Å². The van der Waals surface area contributed by atoms with Crippen LogP contribution >= 0.6 is 0 Å². The van der Waals surface area contributed by atoms with Gasteiger partial charge in [-0.25, -0.2) is 4.98 Å². The minimum absolute atomic E-state index is 0.475. The molecule has 2 aromatic heterocycles. The summed E-state index contributed by atoms with van der Waals surface area (Å²) in [6, 6.07) is 3.65. The third-order valence-corrected chi connectivity index (χ3v) is 2.19. The lowest BCUT2D eigenvalue weighted by Crippen LogP contribution is -1.97. The number of aryl methyl sites for hydroxylation is 1. The van der Waals surface area contributed by atoms with Crippen molar-refractivity contribution in [3.8, 4) is 5.75 Å². The van der Waals surface area contributed by atoms with E-state index in [1.54, 1.807) is 18.5 Å². The van der Waals surface area contributed by atoms with Gasteiger partial charge in [0.2, 0.25) is 0 Å². The first-order chi connectivity index (χ1) is 7.78. The lowest BCUT2D eigenvalue weighted by atomic mass is 10.3. The molecule has 0 saturated carbocycles. The van der Waals surface area contributed by atoms with Crippen LogP contribution in [0.25, 0.3) is 0 Å². The third-order valence-electron chi connectivity index (χ3n) is 2.19. The van der Waals surface area contributed by atoms with Crippen molar-refractivity contribution in [3.05, 3.63) is 36.3 Å². The summed E-state index contributed by atoms with van der Waals surface area (Å²) in [6.45, 7) is 3.34. The fraction of sp³-hybridized carbons (Fsp3) is 0.273. The Morgan fingerprint density at radius 1 is 1.38 bits per heavy atom. The van der Waals surface area contributed by atoms with E-state index in [-0.39, 0.29) is 0 Å². The monoisotopic (exact) mass is 218 g/mol. The molecule has 2 heterocycles. The van der Waals surface area contributed by atoms with E-state index < -0.39 is 0 Å². The summed E-state index contributed by atoms with van der Waals surface area (Å²) in [5.74, 6) is 1.28. The molecule has 2 N–H and O–H groups in total. The Morgan fingerprint density at radius 2 is 2.25 bits per heavy atom. The van der Waals surface area contributed by atoms with E-state index in [1.807, 2.05) is 23.9 Å². The Balaban J connectivity index is 1.94.